The maximum atomic E-state index is 13.7. The van der Waals surface area contributed by atoms with Gasteiger partial charge >= 0.3 is 0 Å². The summed E-state index contributed by atoms with van der Waals surface area (Å²) in [7, 11) is 0. The fraction of sp³-hybridized carbons (Fsp3) is 0.0556. The van der Waals surface area contributed by atoms with Crippen LogP contribution in [-0.4, -0.2) is 16.7 Å². The third kappa shape index (κ3) is 3.23. The fourth-order valence-corrected chi connectivity index (χ4v) is 2.53. The van der Waals surface area contributed by atoms with Crippen molar-refractivity contribution in [3.63, 3.8) is 0 Å². The van der Waals surface area contributed by atoms with E-state index in [4.69, 9.17) is 16.7 Å². The molecular weight excluding hydrogens is 320 g/mol. The van der Waals surface area contributed by atoms with E-state index in [1.54, 1.807) is 24.3 Å². The van der Waals surface area contributed by atoms with Crippen LogP contribution in [0.15, 0.2) is 48.5 Å². The van der Waals surface area contributed by atoms with Crippen molar-refractivity contribution in [2.45, 2.75) is 0 Å². The zero-order valence-corrected chi connectivity index (χ0v) is 12.7. The molecule has 116 valence electrons. The summed E-state index contributed by atoms with van der Waals surface area (Å²) in [5.41, 5.74) is 2.52. The van der Waals surface area contributed by atoms with Gasteiger partial charge in [-0.1, -0.05) is 29.8 Å². The van der Waals surface area contributed by atoms with Crippen LogP contribution in [0.2, 0.25) is 5.02 Å². The number of halogens is 3. The Bertz CT molecular complexity index is 892. The molecule has 0 saturated carbocycles. The van der Waals surface area contributed by atoms with E-state index in [1.807, 2.05) is 0 Å². The smallest absolute Gasteiger partial charge is 0.143 e. The van der Waals surface area contributed by atoms with E-state index in [0.29, 0.717) is 16.6 Å². The summed E-state index contributed by atoms with van der Waals surface area (Å²) in [6.07, 6.45) is 3.17. The zero-order chi connectivity index (χ0) is 16.4. The summed E-state index contributed by atoms with van der Waals surface area (Å²) in [5.74, 6) is -0.892. The number of rotatable bonds is 3. The summed E-state index contributed by atoms with van der Waals surface area (Å²) in [4.78, 5) is 4.35. The molecule has 0 aliphatic rings. The number of hydrogen-bond acceptors (Lipinski definition) is 2. The predicted octanol–water partition coefficient (Wildman–Crippen LogP) is 4.84. The molecule has 1 aromatic heterocycles. The summed E-state index contributed by atoms with van der Waals surface area (Å²) in [6.45, 7) is -0.124. The lowest BCUT2D eigenvalue weighted by Gasteiger charge is -2.09. The molecule has 23 heavy (non-hydrogen) atoms. The largest absolute Gasteiger partial charge is 0.392 e. The number of aliphatic hydroxyl groups is 1. The zero-order valence-electron chi connectivity index (χ0n) is 11.9. The molecule has 5 heteroatoms. The Kier molecular flexibility index (Phi) is 4.37. The van der Waals surface area contributed by atoms with Crippen LogP contribution in [0.4, 0.5) is 8.78 Å². The lowest BCUT2D eigenvalue weighted by Crippen LogP contribution is -1.91. The number of nitrogens with zero attached hydrogens (tertiary/aromatic N) is 1. The highest BCUT2D eigenvalue weighted by molar-refractivity contribution is 6.31. The van der Waals surface area contributed by atoms with Crippen molar-refractivity contribution in [2.75, 3.05) is 6.61 Å². The maximum Gasteiger partial charge on any atom is 0.143 e. The minimum Gasteiger partial charge on any atom is -0.392 e. The molecule has 1 heterocycles. The van der Waals surface area contributed by atoms with E-state index < -0.39 is 5.82 Å². The molecule has 0 aliphatic heterocycles. The molecule has 0 saturated heterocycles. The van der Waals surface area contributed by atoms with Crippen molar-refractivity contribution >= 4 is 28.6 Å². The Hall–Kier alpha value is -2.30. The van der Waals surface area contributed by atoms with Gasteiger partial charge in [0.1, 0.15) is 11.6 Å². The quantitative estimate of drug-likeness (QED) is 0.745. The monoisotopic (exact) mass is 331 g/mol. The highest BCUT2D eigenvalue weighted by atomic mass is 35.5. The van der Waals surface area contributed by atoms with Gasteiger partial charge in [-0.2, -0.15) is 0 Å². The first-order chi connectivity index (χ1) is 11.1. The molecule has 0 radical (unpaired) electrons. The molecule has 0 amide bonds. The van der Waals surface area contributed by atoms with Crippen molar-refractivity contribution < 1.29 is 13.9 Å². The van der Waals surface area contributed by atoms with Gasteiger partial charge in [-0.05, 0) is 41.5 Å². The lowest BCUT2D eigenvalue weighted by atomic mass is 10.00. The Morgan fingerprint density at radius 2 is 1.83 bits per heavy atom. The number of aromatic nitrogens is 1. The SMILES string of the molecule is OC/C=C/c1cc(-c2ccc(F)cc2)c2cc(Cl)c(F)cc2n1. The molecule has 2 nitrogen and oxygen atoms in total. The van der Waals surface area contributed by atoms with Crippen LogP contribution in [0.3, 0.4) is 0 Å². The lowest BCUT2D eigenvalue weighted by molar-refractivity contribution is 0.343. The van der Waals surface area contributed by atoms with E-state index >= 15 is 0 Å². The van der Waals surface area contributed by atoms with Crippen molar-refractivity contribution in [1.82, 2.24) is 4.98 Å². The normalized spacial score (nSPS) is 11.5. The first-order valence-electron chi connectivity index (χ1n) is 6.91. The van der Waals surface area contributed by atoms with Gasteiger partial charge in [0.05, 0.1) is 22.8 Å². The fourth-order valence-electron chi connectivity index (χ4n) is 2.37. The van der Waals surface area contributed by atoms with Gasteiger partial charge in [-0.15, -0.1) is 0 Å². The van der Waals surface area contributed by atoms with Crippen LogP contribution in [0.25, 0.3) is 28.1 Å². The highest BCUT2D eigenvalue weighted by Crippen LogP contribution is 2.32. The number of hydrogen-bond donors (Lipinski definition) is 1. The average molecular weight is 332 g/mol. The third-order valence-electron chi connectivity index (χ3n) is 3.42. The van der Waals surface area contributed by atoms with Crippen molar-refractivity contribution in [3.05, 3.63) is 70.9 Å². The topological polar surface area (TPSA) is 33.1 Å². The minimum atomic E-state index is -0.556. The molecule has 3 rings (SSSR count). The van der Waals surface area contributed by atoms with Gasteiger partial charge < -0.3 is 5.11 Å². The van der Waals surface area contributed by atoms with Gasteiger partial charge in [0, 0.05) is 11.5 Å². The number of fused-ring (bicyclic) bond motifs is 1. The molecule has 1 N–H and O–H groups in total. The predicted molar refractivity (Wildman–Crippen MR) is 88.2 cm³/mol. The number of benzene rings is 2. The van der Waals surface area contributed by atoms with Gasteiger partial charge in [0.25, 0.3) is 0 Å². The van der Waals surface area contributed by atoms with Crippen LogP contribution in [-0.2, 0) is 0 Å². The van der Waals surface area contributed by atoms with Crippen molar-refractivity contribution in [1.29, 1.82) is 0 Å². The second kappa shape index (κ2) is 6.44. The molecule has 0 aliphatic carbocycles. The third-order valence-corrected chi connectivity index (χ3v) is 3.71. The first kappa shape index (κ1) is 15.6. The van der Waals surface area contributed by atoms with E-state index in [2.05, 4.69) is 4.98 Å². The van der Waals surface area contributed by atoms with Crippen LogP contribution in [0, 0.1) is 11.6 Å². The van der Waals surface area contributed by atoms with Crippen LogP contribution in [0.1, 0.15) is 5.69 Å². The standard InChI is InChI=1S/C18H12ClF2NO/c19-16-9-15-14(11-3-5-12(20)6-4-11)8-13(2-1-7-23)22-18(15)10-17(16)21/h1-6,8-10,23H,7H2/b2-1+. The molecule has 0 atom stereocenters. The second-order valence-corrected chi connectivity index (χ2v) is 5.38. The molecule has 0 fully saturated rings. The molecule has 2 aromatic carbocycles. The number of aliphatic hydroxyl groups excluding tert-OH is 1. The molecule has 0 unspecified atom stereocenters. The van der Waals surface area contributed by atoms with E-state index in [9.17, 15) is 8.78 Å². The Labute approximate surface area is 136 Å². The Morgan fingerprint density at radius 1 is 1.09 bits per heavy atom. The Morgan fingerprint density at radius 3 is 2.52 bits per heavy atom. The molecule has 0 spiro atoms. The number of pyridine rings is 1. The summed E-state index contributed by atoms with van der Waals surface area (Å²) in [5, 5.41) is 9.58. The average Bonchev–Trinajstić information content (AvgIpc) is 2.54. The van der Waals surface area contributed by atoms with Gasteiger partial charge in [0.2, 0.25) is 0 Å². The van der Waals surface area contributed by atoms with Crippen molar-refractivity contribution in [3.8, 4) is 11.1 Å². The minimum absolute atomic E-state index is 0.00121. The molecular formula is C18H12ClF2NO. The van der Waals surface area contributed by atoms with Gasteiger partial charge in [0.15, 0.2) is 0 Å². The summed E-state index contributed by atoms with van der Waals surface area (Å²) >= 11 is 5.89. The van der Waals surface area contributed by atoms with E-state index in [0.717, 1.165) is 11.1 Å². The molecule has 3 aromatic rings. The van der Waals surface area contributed by atoms with Crippen LogP contribution in [0.5, 0.6) is 0 Å². The Balaban J connectivity index is 2.29. The van der Waals surface area contributed by atoms with Gasteiger partial charge in [-0.3, -0.25) is 0 Å². The second-order valence-electron chi connectivity index (χ2n) is 4.97. The van der Waals surface area contributed by atoms with E-state index in [1.165, 1.54) is 30.3 Å². The maximum absolute atomic E-state index is 13.7. The van der Waals surface area contributed by atoms with Gasteiger partial charge in [-0.25, -0.2) is 13.8 Å². The summed E-state index contributed by atoms with van der Waals surface area (Å²) < 4.78 is 26.9. The first-order valence-corrected chi connectivity index (χ1v) is 7.29. The van der Waals surface area contributed by atoms with Crippen LogP contribution < -0.4 is 0 Å². The highest BCUT2D eigenvalue weighted by Gasteiger charge is 2.11. The van der Waals surface area contributed by atoms with E-state index in [-0.39, 0.29) is 17.4 Å². The molecule has 0 bridgehead atoms. The van der Waals surface area contributed by atoms with Crippen molar-refractivity contribution in [2.24, 2.45) is 0 Å². The summed E-state index contributed by atoms with van der Waals surface area (Å²) in [6, 6.07) is 10.6. The van der Waals surface area contributed by atoms with Crippen LogP contribution >= 0.6 is 11.6 Å².